The molecule has 0 aliphatic rings. The molecule has 0 amide bonds. The van der Waals surface area contributed by atoms with Gasteiger partial charge in [-0.3, -0.25) is 0 Å². The van der Waals surface area contributed by atoms with Crippen LogP contribution in [0.25, 0.3) is 10.8 Å². The number of hydrogen-bond acceptors (Lipinski definition) is 1. The number of benzene rings is 1. The van der Waals surface area contributed by atoms with Gasteiger partial charge >= 0.3 is 0 Å². The van der Waals surface area contributed by atoms with Gasteiger partial charge in [0.25, 0.3) is 0 Å². The van der Waals surface area contributed by atoms with Gasteiger partial charge in [-0.1, -0.05) is 25.1 Å². The lowest BCUT2D eigenvalue weighted by molar-refractivity contribution is 0.563. The van der Waals surface area contributed by atoms with Crippen LogP contribution < -0.4 is 0 Å². The fraction of sp³-hybridized carbons (Fsp3) is 0.200. The highest BCUT2D eigenvalue weighted by molar-refractivity contribution is 5.83. The highest BCUT2D eigenvalue weighted by Crippen LogP contribution is 2.18. The maximum atomic E-state index is 4.98. The van der Waals surface area contributed by atoms with E-state index >= 15 is 0 Å². The van der Waals surface area contributed by atoms with Gasteiger partial charge < -0.3 is 4.42 Å². The van der Waals surface area contributed by atoms with Crippen molar-refractivity contribution in [1.29, 1.82) is 0 Å². The van der Waals surface area contributed by atoms with Crippen LogP contribution in [0.3, 0.4) is 0 Å². The van der Waals surface area contributed by atoms with Crippen molar-refractivity contribution in [1.82, 2.24) is 0 Å². The third kappa shape index (κ3) is 0.929. The first-order valence-electron chi connectivity index (χ1n) is 3.78. The molecule has 0 spiro atoms. The van der Waals surface area contributed by atoms with Gasteiger partial charge in [0.05, 0.1) is 6.26 Å². The van der Waals surface area contributed by atoms with E-state index in [0.717, 1.165) is 17.2 Å². The standard InChI is InChI=1S/C10H9O/c1-2-8-4-3-5-9-6-11-7-10(8)9/h3-6H,2H2,1H3. The van der Waals surface area contributed by atoms with Crippen LogP contribution in [0.5, 0.6) is 0 Å². The fourth-order valence-corrected chi connectivity index (χ4v) is 1.29. The lowest BCUT2D eigenvalue weighted by Crippen LogP contribution is -1.78. The largest absolute Gasteiger partial charge is 0.460 e. The number of hydrogen-bond donors (Lipinski definition) is 0. The molecule has 1 heteroatoms. The summed E-state index contributed by atoms with van der Waals surface area (Å²) >= 11 is 0. The molecule has 0 aliphatic carbocycles. The van der Waals surface area contributed by atoms with E-state index in [-0.39, 0.29) is 0 Å². The molecule has 11 heavy (non-hydrogen) atoms. The Morgan fingerprint density at radius 3 is 3.18 bits per heavy atom. The maximum absolute atomic E-state index is 4.98. The van der Waals surface area contributed by atoms with Crippen LogP contribution in [0.1, 0.15) is 12.5 Å². The zero-order valence-corrected chi connectivity index (χ0v) is 6.42. The predicted octanol–water partition coefficient (Wildman–Crippen LogP) is 2.80. The van der Waals surface area contributed by atoms with E-state index in [1.165, 1.54) is 5.56 Å². The van der Waals surface area contributed by atoms with Gasteiger partial charge in [-0.05, 0) is 12.0 Å². The van der Waals surface area contributed by atoms with Crippen LogP contribution in [-0.2, 0) is 6.42 Å². The molecular formula is C10H9O. The van der Waals surface area contributed by atoms with Crippen molar-refractivity contribution in [3.63, 3.8) is 0 Å². The number of furan rings is 1. The maximum Gasteiger partial charge on any atom is 0.177 e. The average molecular weight is 145 g/mol. The van der Waals surface area contributed by atoms with Crippen LogP contribution in [0.15, 0.2) is 28.9 Å². The molecule has 0 fully saturated rings. The van der Waals surface area contributed by atoms with Crippen molar-refractivity contribution in [2.75, 3.05) is 0 Å². The van der Waals surface area contributed by atoms with Gasteiger partial charge in [0.1, 0.15) is 0 Å². The number of fused-ring (bicyclic) bond motifs is 1. The van der Waals surface area contributed by atoms with Crippen molar-refractivity contribution >= 4 is 10.8 Å². The second-order valence-electron chi connectivity index (χ2n) is 2.57. The Hall–Kier alpha value is -1.24. The molecule has 0 bridgehead atoms. The Morgan fingerprint density at radius 2 is 2.36 bits per heavy atom. The molecule has 0 saturated carbocycles. The molecule has 2 rings (SSSR count). The molecule has 0 aliphatic heterocycles. The van der Waals surface area contributed by atoms with Gasteiger partial charge in [0.15, 0.2) is 6.26 Å². The Balaban J connectivity index is 2.79. The van der Waals surface area contributed by atoms with Crippen molar-refractivity contribution < 1.29 is 4.42 Å². The molecule has 2 aromatic rings. The second-order valence-corrected chi connectivity index (χ2v) is 2.57. The summed E-state index contributed by atoms with van der Waals surface area (Å²) in [5.74, 6) is 0. The minimum absolute atomic E-state index is 1.04. The molecule has 1 aromatic heterocycles. The van der Waals surface area contributed by atoms with Crippen molar-refractivity contribution in [3.8, 4) is 0 Å². The summed E-state index contributed by atoms with van der Waals surface area (Å²) in [6.45, 7) is 2.13. The highest BCUT2D eigenvalue weighted by Gasteiger charge is 1.99. The zero-order chi connectivity index (χ0) is 7.68. The Bertz CT molecular complexity index is 360. The Kier molecular flexibility index (Phi) is 1.42. The summed E-state index contributed by atoms with van der Waals surface area (Å²) in [6, 6.07) is 6.19. The van der Waals surface area contributed by atoms with Crippen molar-refractivity contribution in [3.05, 3.63) is 36.3 Å². The lowest BCUT2D eigenvalue weighted by Gasteiger charge is -1.94. The normalized spacial score (nSPS) is 10.6. The lowest BCUT2D eigenvalue weighted by atomic mass is 10.1. The van der Waals surface area contributed by atoms with E-state index in [0.29, 0.717) is 0 Å². The SMILES string of the molecule is CCc1cccc2co[c]c12. The number of aryl methyl sites for hydroxylation is 1. The molecule has 0 N–H and O–H groups in total. The summed E-state index contributed by atoms with van der Waals surface area (Å²) in [4.78, 5) is 0. The molecule has 55 valence electrons. The van der Waals surface area contributed by atoms with Crippen LogP contribution in [0.2, 0.25) is 0 Å². The predicted molar refractivity (Wildman–Crippen MR) is 44.4 cm³/mol. The summed E-state index contributed by atoms with van der Waals surface area (Å²) in [5.41, 5.74) is 1.30. The van der Waals surface area contributed by atoms with E-state index in [4.69, 9.17) is 4.42 Å². The highest BCUT2D eigenvalue weighted by atomic mass is 16.3. The summed E-state index contributed by atoms with van der Waals surface area (Å²) < 4.78 is 4.98. The van der Waals surface area contributed by atoms with Gasteiger partial charge in [-0.15, -0.1) is 0 Å². The monoisotopic (exact) mass is 145 g/mol. The molecule has 0 unspecified atom stereocenters. The second kappa shape index (κ2) is 2.42. The molecular weight excluding hydrogens is 136 g/mol. The summed E-state index contributed by atoms with van der Waals surface area (Å²) in [5, 5.41) is 2.26. The molecule has 1 radical (unpaired) electrons. The van der Waals surface area contributed by atoms with E-state index in [9.17, 15) is 0 Å². The van der Waals surface area contributed by atoms with Gasteiger partial charge in [-0.25, -0.2) is 0 Å². The average Bonchev–Trinajstić information content (AvgIpc) is 2.50. The van der Waals surface area contributed by atoms with Crippen LogP contribution in [-0.4, -0.2) is 0 Å². The van der Waals surface area contributed by atoms with Crippen LogP contribution in [0, 0.1) is 6.26 Å². The quantitative estimate of drug-likeness (QED) is 0.601. The first-order chi connectivity index (χ1) is 5.42. The minimum atomic E-state index is 1.04. The van der Waals surface area contributed by atoms with Crippen molar-refractivity contribution in [2.45, 2.75) is 13.3 Å². The van der Waals surface area contributed by atoms with Gasteiger partial charge in [0, 0.05) is 10.8 Å². The first kappa shape index (κ1) is 6.47. The topological polar surface area (TPSA) is 13.1 Å². The third-order valence-corrected chi connectivity index (χ3v) is 1.91. The molecule has 1 heterocycles. The summed E-state index contributed by atoms with van der Waals surface area (Å²) in [6.07, 6.45) is 5.63. The van der Waals surface area contributed by atoms with Gasteiger partial charge in [0.2, 0.25) is 0 Å². The molecule has 1 aromatic carbocycles. The van der Waals surface area contributed by atoms with Crippen LogP contribution >= 0.6 is 0 Å². The number of rotatable bonds is 1. The molecule has 0 saturated heterocycles. The van der Waals surface area contributed by atoms with E-state index < -0.39 is 0 Å². The summed E-state index contributed by atoms with van der Waals surface area (Å²) in [7, 11) is 0. The fourth-order valence-electron chi connectivity index (χ4n) is 1.29. The Labute approximate surface area is 65.6 Å². The third-order valence-electron chi connectivity index (χ3n) is 1.91. The molecule has 0 atom stereocenters. The minimum Gasteiger partial charge on any atom is -0.460 e. The van der Waals surface area contributed by atoms with E-state index in [1.54, 1.807) is 6.26 Å². The van der Waals surface area contributed by atoms with Crippen molar-refractivity contribution in [2.24, 2.45) is 0 Å². The molecule has 1 nitrogen and oxygen atoms in total. The van der Waals surface area contributed by atoms with Crippen LogP contribution in [0.4, 0.5) is 0 Å². The Morgan fingerprint density at radius 1 is 1.45 bits per heavy atom. The van der Waals surface area contributed by atoms with E-state index in [1.807, 2.05) is 12.1 Å². The smallest absolute Gasteiger partial charge is 0.177 e. The van der Waals surface area contributed by atoms with E-state index in [2.05, 4.69) is 19.3 Å². The first-order valence-corrected chi connectivity index (χ1v) is 3.78. The zero-order valence-electron chi connectivity index (χ0n) is 6.42. The van der Waals surface area contributed by atoms with Gasteiger partial charge in [-0.2, -0.15) is 0 Å².